The van der Waals surface area contributed by atoms with Crippen LogP contribution >= 0.6 is 0 Å². The van der Waals surface area contributed by atoms with E-state index in [4.69, 9.17) is 14.2 Å². The molecule has 2 aromatic rings. The minimum Gasteiger partial charge on any atom is -0.497 e. The monoisotopic (exact) mass is 357 g/mol. The summed E-state index contributed by atoms with van der Waals surface area (Å²) < 4.78 is 16.3. The van der Waals surface area contributed by atoms with Gasteiger partial charge in [-0.05, 0) is 42.2 Å². The first-order valence-corrected chi connectivity index (χ1v) is 8.69. The quantitative estimate of drug-likeness (QED) is 0.727. The third-order valence-electron chi connectivity index (χ3n) is 4.05. The molecule has 0 aliphatic rings. The molecule has 0 saturated heterocycles. The van der Waals surface area contributed by atoms with Gasteiger partial charge in [-0.15, -0.1) is 0 Å². The molecule has 0 aliphatic carbocycles. The Kier molecular flexibility index (Phi) is 6.89. The zero-order valence-electron chi connectivity index (χ0n) is 16.1. The number of carbonyl (C=O) groups excluding carboxylic acids is 1. The number of methoxy groups -OCH3 is 2. The highest BCUT2D eigenvalue weighted by Gasteiger charge is 2.11. The molecule has 0 radical (unpaired) electrons. The smallest absolute Gasteiger partial charge is 0.251 e. The van der Waals surface area contributed by atoms with Crippen molar-refractivity contribution in [2.24, 2.45) is 0 Å². The fourth-order valence-corrected chi connectivity index (χ4v) is 2.61. The number of ether oxygens (including phenoxy) is 3. The lowest BCUT2D eigenvalue weighted by atomic mass is 10.0. The Balaban J connectivity index is 1.94. The molecular formula is C21H27NO4. The van der Waals surface area contributed by atoms with Crippen LogP contribution in [0.2, 0.25) is 0 Å². The van der Waals surface area contributed by atoms with Gasteiger partial charge in [-0.2, -0.15) is 0 Å². The van der Waals surface area contributed by atoms with Crippen LogP contribution in [0, 0.1) is 6.92 Å². The van der Waals surface area contributed by atoms with Gasteiger partial charge >= 0.3 is 0 Å². The molecule has 0 spiro atoms. The summed E-state index contributed by atoms with van der Waals surface area (Å²) in [6, 6.07) is 11.3. The van der Waals surface area contributed by atoms with E-state index in [-0.39, 0.29) is 5.91 Å². The molecule has 0 bridgehead atoms. The van der Waals surface area contributed by atoms with E-state index in [0.717, 1.165) is 11.3 Å². The van der Waals surface area contributed by atoms with Gasteiger partial charge in [-0.3, -0.25) is 4.79 Å². The lowest BCUT2D eigenvalue weighted by Gasteiger charge is -2.15. The second kappa shape index (κ2) is 9.13. The minimum absolute atomic E-state index is 0.195. The van der Waals surface area contributed by atoms with Gasteiger partial charge in [0.05, 0.1) is 20.8 Å². The number of aryl methyl sites for hydroxylation is 1. The third-order valence-corrected chi connectivity index (χ3v) is 4.05. The van der Waals surface area contributed by atoms with Crippen LogP contribution < -0.4 is 19.5 Å². The summed E-state index contributed by atoms with van der Waals surface area (Å²) in [4.78, 5) is 12.3. The number of benzene rings is 2. The standard InChI is InChI=1S/C21H27NO4/c1-14(2)19-7-6-15(3)10-20(19)26-9-8-22-21(23)16-11-17(24-4)13-18(12-16)25-5/h6-7,10-14H,8-9H2,1-5H3,(H,22,23). The molecule has 2 rings (SSSR count). The average molecular weight is 357 g/mol. The van der Waals surface area contributed by atoms with Crippen molar-refractivity contribution in [3.05, 3.63) is 53.1 Å². The highest BCUT2D eigenvalue weighted by Crippen LogP contribution is 2.27. The molecule has 0 unspecified atom stereocenters. The van der Waals surface area contributed by atoms with Crippen LogP contribution in [0.5, 0.6) is 17.2 Å². The Labute approximate surface area is 155 Å². The Morgan fingerprint density at radius 3 is 2.27 bits per heavy atom. The van der Waals surface area contributed by atoms with Crippen LogP contribution in [0.1, 0.15) is 41.3 Å². The Bertz CT molecular complexity index is 733. The molecule has 0 atom stereocenters. The Hall–Kier alpha value is -2.69. The van der Waals surface area contributed by atoms with E-state index >= 15 is 0 Å². The van der Waals surface area contributed by atoms with Crippen molar-refractivity contribution in [3.8, 4) is 17.2 Å². The SMILES string of the molecule is COc1cc(OC)cc(C(=O)NCCOc2cc(C)ccc2C(C)C)c1. The van der Waals surface area contributed by atoms with Gasteiger partial charge in [0, 0.05) is 11.6 Å². The van der Waals surface area contributed by atoms with Gasteiger partial charge in [0.15, 0.2) is 0 Å². The van der Waals surface area contributed by atoms with Gasteiger partial charge in [0.2, 0.25) is 0 Å². The predicted molar refractivity (Wildman–Crippen MR) is 103 cm³/mol. The maximum absolute atomic E-state index is 12.3. The topological polar surface area (TPSA) is 56.8 Å². The van der Waals surface area contributed by atoms with Crippen LogP contribution in [0.25, 0.3) is 0 Å². The summed E-state index contributed by atoms with van der Waals surface area (Å²) in [5, 5.41) is 2.86. The molecule has 140 valence electrons. The Morgan fingerprint density at radius 2 is 1.69 bits per heavy atom. The number of hydrogen-bond donors (Lipinski definition) is 1. The average Bonchev–Trinajstić information content (AvgIpc) is 2.64. The van der Waals surface area contributed by atoms with Crippen molar-refractivity contribution < 1.29 is 19.0 Å². The summed E-state index contributed by atoms with van der Waals surface area (Å²) in [5.74, 6) is 2.21. The first-order chi connectivity index (χ1) is 12.4. The van der Waals surface area contributed by atoms with Crippen molar-refractivity contribution >= 4 is 5.91 Å². The van der Waals surface area contributed by atoms with Crippen molar-refractivity contribution in [1.82, 2.24) is 5.32 Å². The third kappa shape index (κ3) is 5.15. The fraction of sp³-hybridized carbons (Fsp3) is 0.381. The molecular weight excluding hydrogens is 330 g/mol. The maximum Gasteiger partial charge on any atom is 0.251 e. The van der Waals surface area contributed by atoms with Crippen LogP contribution in [0.15, 0.2) is 36.4 Å². The molecule has 1 N–H and O–H groups in total. The lowest BCUT2D eigenvalue weighted by molar-refractivity contribution is 0.0946. The van der Waals surface area contributed by atoms with Gasteiger partial charge in [-0.1, -0.05) is 26.0 Å². The van der Waals surface area contributed by atoms with E-state index in [2.05, 4.69) is 31.3 Å². The number of amides is 1. The zero-order valence-corrected chi connectivity index (χ0v) is 16.1. The molecule has 0 saturated carbocycles. The number of rotatable bonds is 8. The van der Waals surface area contributed by atoms with Crippen LogP contribution in [-0.4, -0.2) is 33.3 Å². The van der Waals surface area contributed by atoms with Crippen LogP contribution in [-0.2, 0) is 0 Å². The summed E-state index contributed by atoms with van der Waals surface area (Å²) in [5.41, 5.74) is 2.80. The van der Waals surface area contributed by atoms with E-state index in [0.29, 0.717) is 36.1 Å². The number of hydrogen-bond acceptors (Lipinski definition) is 4. The van der Waals surface area contributed by atoms with E-state index in [1.165, 1.54) is 5.56 Å². The van der Waals surface area contributed by atoms with E-state index in [1.807, 2.05) is 13.0 Å². The van der Waals surface area contributed by atoms with Crippen molar-refractivity contribution in [2.75, 3.05) is 27.4 Å². The normalized spacial score (nSPS) is 10.5. The maximum atomic E-state index is 12.3. The van der Waals surface area contributed by atoms with Gasteiger partial charge in [-0.25, -0.2) is 0 Å². The largest absolute Gasteiger partial charge is 0.497 e. The van der Waals surface area contributed by atoms with Gasteiger partial charge in [0.25, 0.3) is 5.91 Å². The zero-order chi connectivity index (χ0) is 19.1. The van der Waals surface area contributed by atoms with Gasteiger partial charge in [0.1, 0.15) is 23.9 Å². The first-order valence-electron chi connectivity index (χ1n) is 8.69. The van der Waals surface area contributed by atoms with Gasteiger partial charge < -0.3 is 19.5 Å². The van der Waals surface area contributed by atoms with Crippen molar-refractivity contribution in [2.45, 2.75) is 26.7 Å². The summed E-state index contributed by atoms with van der Waals surface area (Å²) >= 11 is 0. The number of carbonyl (C=O) groups is 1. The molecule has 26 heavy (non-hydrogen) atoms. The highest BCUT2D eigenvalue weighted by molar-refractivity contribution is 5.95. The molecule has 0 fully saturated rings. The Morgan fingerprint density at radius 1 is 1.04 bits per heavy atom. The van der Waals surface area contributed by atoms with E-state index < -0.39 is 0 Å². The first kappa shape index (κ1) is 19.6. The second-order valence-corrected chi connectivity index (χ2v) is 6.40. The highest BCUT2D eigenvalue weighted by atomic mass is 16.5. The molecule has 0 aliphatic heterocycles. The second-order valence-electron chi connectivity index (χ2n) is 6.40. The summed E-state index contributed by atoms with van der Waals surface area (Å²) in [7, 11) is 3.11. The minimum atomic E-state index is -0.195. The van der Waals surface area contributed by atoms with E-state index in [1.54, 1.807) is 32.4 Å². The number of nitrogens with one attached hydrogen (secondary N) is 1. The molecule has 5 heteroatoms. The fourth-order valence-electron chi connectivity index (χ4n) is 2.61. The van der Waals surface area contributed by atoms with Crippen molar-refractivity contribution in [1.29, 1.82) is 0 Å². The molecule has 0 aromatic heterocycles. The predicted octanol–water partition coefficient (Wildman–Crippen LogP) is 3.94. The van der Waals surface area contributed by atoms with Crippen LogP contribution in [0.4, 0.5) is 0 Å². The molecule has 0 heterocycles. The van der Waals surface area contributed by atoms with Crippen LogP contribution in [0.3, 0.4) is 0 Å². The van der Waals surface area contributed by atoms with E-state index in [9.17, 15) is 4.79 Å². The summed E-state index contributed by atoms with van der Waals surface area (Å²) in [6.45, 7) is 7.11. The lowest BCUT2D eigenvalue weighted by Crippen LogP contribution is -2.28. The molecule has 1 amide bonds. The molecule has 2 aromatic carbocycles. The summed E-state index contributed by atoms with van der Waals surface area (Å²) in [6.07, 6.45) is 0. The molecule has 5 nitrogen and oxygen atoms in total. The van der Waals surface area contributed by atoms with Crippen molar-refractivity contribution in [3.63, 3.8) is 0 Å².